The normalized spacial score (nSPS) is 13.7. The fraction of sp³-hybridized carbons (Fsp3) is 0.316. The molecule has 12 heteroatoms. The molecule has 0 aromatic heterocycles. The number of methoxy groups -OCH3 is 2. The fourth-order valence-electron chi connectivity index (χ4n) is 5.69. The van der Waals surface area contributed by atoms with Gasteiger partial charge in [-0.25, -0.2) is 8.78 Å². The van der Waals surface area contributed by atoms with Gasteiger partial charge in [0.1, 0.15) is 34.2 Å². The van der Waals surface area contributed by atoms with Crippen LogP contribution >= 0.6 is 0 Å². The van der Waals surface area contributed by atoms with Gasteiger partial charge in [0, 0.05) is 24.2 Å². The highest BCUT2D eigenvalue weighted by molar-refractivity contribution is 5.84. The molecule has 0 heterocycles. The van der Waals surface area contributed by atoms with E-state index in [-0.39, 0.29) is 35.7 Å². The molecule has 0 fully saturated rings. The highest BCUT2D eigenvalue weighted by Crippen LogP contribution is 2.40. The maximum absolute atomic E-state index is 15.6. The number of halogens is 2. The number of nitrogens with one attached hydrogen (secondary N) is 2. The molecule has 0 aliphatic carbocycles. The second-order valence-electron chi connectivity index (χ2n) is 12.5. The van der Waals surface area contributed by atoms with Gasteiger partial charge in [0.15, 0.2) is 0 Å². The van der Waals surface area contributed by atoms with E-state index in [0.29, 0.717) is 11.1 Å². The van der Waals surface area contributed by atoms with E-state index in [1.807, 2.05) is 50.2 Å². The van der Waals surface area contributed by atoms with Gasteiger partial charge in [-0.1, -0.05) is 36.4 Å². The highest BCUT2D eigenvalue weighted by Gasteiger charge is 2.33. The van der Waals surface area contributed by atoms with Crippen molar-refractivity contribution in [1.82, 2.24) is 10.6 Å². The summed E-state index contributed by atoms with van der Waals surface area (Å²) in [5.74, 6) is -3.36. The van der Waals surface area contributed by atoms with Crippen molar-refractivity contribution >= 4 is 11.9 Å². The van der Waals surface area contributed by atoms with Crippen molar-refractivity contribution in [3.8, 4) is 44.9 Å². The maximum atomic E-state index is 15.6. The minimum atomic E-state index is -1.67. The van der Waals surface area contributed by atoms with Crippen LogP contribution in [-0.2, 0) is 22.7 Å². The SMILES string of the molecule is COc1cc(-c2cccc(-c3cccc(-c4cc(F)c(CN[C@@](C)(CO)C(=O)O)c(OC)c4)c3C)c2C)cc(F)c1CNC(C)(CO)C(=O)O. The molecule has 10 nitrogen and oxygen atoms in total. The first-order valence-electron chi connectivity index (χ1n) is 15.8. The van der Waals surface area contributed by atoms with Gasteiger partial charge in [-0.05, 0) is 96.5 Å². The molecule has 50 heavy (non-hydrogen) atoms. The topological polar surface area (TPSA) is 158 Å². The van der Waals surface area contributed by atoms with Crippen molar-refractivity contribution in [3.63, 3.8) is 0 Å². The molecule has 0 saturated carbocycles. The van der Waals surface area contributed by atoms with Crippen LogP contribution in [0.4, 0.5) is 8.78 Å². The Bertz CT molecular complexity index is 1780. The fourth-order valence-corrected chi connectivity index (χ4v) is 5.69. The summed E-state index contributed by atoms with van der Waals surface area (Å²) in [6, 6.07) is 17.4. The average Bonchev–Trinajstić information content (AvgIpc) is 3.09. The van der Waals surface area contributed by atoms with Crippen molar-refractivity contribution in [3.05, 3.63) is 94.6 Å². The minimum Gasteiger partial charge on any atom is -0.496 e. The van der Waals surface area contributed by atoms with Gasteiger partial charge in [-0.3, -0.25) is 20.2 Å². The number of carboxylic acids is 2. The van der Waals surface area contributed by atoms with E-state index >= 15 is 8.78 Å². The molecule has 4 aromatic rings. The van der Waals surface area contributed by atoms with Gasteiger partial charge >= 0.3 is 11.9 Å². The zero-order valence-corrected chi connectivity index (χ0v) is 28.8. The summed E-state index contributed by atoms with van der Waals surface area (Å²) in [4.78, 5) is 23.2. The van der Waals surface area contributed by atoms with Gasteiger partial charge in [-0.15, -0.1) is 0 Å². The third kappa shape index (κ3) is 7.48. The van der Waals surface area contributed by atoms with Gasteiger partial charge in [0.25, 0.3) is 0 Å². The maximum Gasteiger partial charge on any atom is 0.326 e. The summed E-state index contributed by atoms with van der Waals surface area (Å²) < 4.78 is 42.2. The van der Waals surface area contributed by atoms with Crippen LogP contribution in [0.3, 0.4) is 0 Å². The molecule has 4 rings (SSSR count). The van der Waals surface area contributed by atoms with Crippen molar-refractivity contribution in [2.75, 3.05) is 27.4 Å². The number of carboxylic acid groups (broad SMARTS) is 2. The van der Waals surface area contributed by atoms with E-state index in [1.165, 1.54) is 40.2 Å². The number of hydrogen-bond acceptors (Lipinski definition) is 8. The number of carbonyl (C=O) groups is 2. The summed E-state index contributed by atoms with van der Waals surface area (Å²) >= 11 is 0. The van der Waals surface area contributed by atoms with Gasteiger partial charge in [0.05, 0.1) is 27.4 Å². The lowest BCUT2D eigenvalue weighted by Crippen LogP contribution is -2.52. The van der Waals surface area contributed by atoms with E-state index in [2.05, 4.69) is 10.6 Å². The second-order valence-corrected chi connectivity index (χ2v) is 12.5. The van der Waals surface area contributed by atoms with Gasteiger partial charge in [0.2, 0.25) is 0 Å². The van der Waals surface area contributed by atoms with Crippen molar-refractivity contribution in [1.29, 1.82) is 0 Å². The van der Waals surface area contributed by atoms with Crippen LogP contribution in [0.5, 0.6) is 11.5 Å². The van der Waals surface area contributed by atoms with Crippen molar-refractivity contribution < 1.29 is 48.3 Å². The Kier molecular flexibility index (Phi) is 11.6. The van der Waals surface area contributed by atoms with Gasteiger partial charge in [-0.2, -0.15) is 0 Å². The smallest absolute Gasteiger partial charge is 0.326 e. The molecule has 0 saturated heterocycles. The number of benzene rings is 4. The molecular formula is C38H42F2N2O8. The Balaban J connectivity index is 1.72. The van der Waals surface area contributed by atoms with Crippen LogP contribution in [0.1, 0.15) is 36.1 Å². The Labute approximate surface area is 289 Å². The lowest BCUT2D eigenvalue weighted by Gasteiger charge is -2.25. The summed E-state index contributed by atoms with van der Waals surface area (Å²) in [7, 11) is 2.79. The first-order chi connectivity index (χ1) is 23.6. The number of ether oxygens (including phenoxy) is 2. The zero-order chi connectivity index (χ0) is 37.0. The zero-order valence-electron chi connectivity index (χ0n) is 28.8. The Morgan fingerprint density at radius 3 is 1.30 bits per heavy atom. The minimum absolute atomic E-state index is 0.114. The first-order valence-corrected chi connectivity index (χ1v) is 15.8. The summed E-state index contributed by atoms with van der Waals surface area (Å²) in [5, 5.41) is 43.5. The third-order valence-corrected chi connectivity index (χ3v) is 9.22. The molecule has 1 unspecified atom stereocenters. The quantitative estimate of drug-likeness (QED) is 0.0947. The summed E-state index contributed by atoms with van der Waals surface area (Å²) in [6.45, 7) is 4.66. The molecule has 0 bridgehead atoms. The Morgan fingerprint density at radius 2 is 1.00 bits per heavy atom. The Hall–Kier alpha value is -4.88. The monoisotopic (exact) mass is 692 g/mol. The third-order valence-electron chi connectivity index (χ3n) is 9.22. The molecule has 0 aliphatic rings. The predicted molar refractivity (Wildman–Crippen MR) is 185 cm³/mol. The number of rotatable bonds is 15. The number of hydrogen-bond donors (Lipinski definition) is 6. The summed E-state index contributed by atoms with van der Waals surface area (Å²) in [6.07, 6.45) is 0. The molecule has 0 aliphatic heterocycles. The second kappa shape index (κ2) is 15.3. The van der Waals surface area contributed by atoms with E-state index in [4.69, 9.17) is 9.47 Å². The largest absolute Gasteiger partial charge is 0.496 e. The predicted octanol–water partition coefficient (Wildman–Crippen LogP) is 5.45. The summed E-state index contributed by atoms with van der Waals surface area (Å²) in [5.41, 5.74) is 2.82. The molecule has 0 radical (unpaired) electrons. The standard InChI is InChI=1S/C38H42F2N2O8/c1-21-25(23-13-31(39)29(33(15-23)49-5)17-41-37(3,19-43)35(45)46)9-7-11-27(21)28-12-8-10-26(22(28)2)24-14-32(40)30(34(16-24)50-6)18-42-38(4,20-44)36(47)48/h7-16,41-44H,17-20H2,1-6H3,(H,45,46)(H,47,48)/t37-,38?/m0/s1. The molecule has 266 valence electrons. The van der Waals surface area contributed by atoms with Gasteiger partial charge < -0.3 is 29.9 Å². The Morgan fingerprint density at radius 1 is 0.660 bits per heavy atom. The molecule has 0 amide bonds. The molecule has 4 aromatic carbocycles. The van der Waals surface area contributed by atoms with Crippen molar-refractivity contribution in [2.24, 2.45) is 0 Å². The van der Waals surface area contributed by atoms with Crippen LogP contribution in [0, 0.1) is 25.5 Å². The van der Waals surface area contributed by atoms with E-state index in [1.54, 1.807) is 12.1 Å². The highest BCUT2D eigenvalue weighted by atomic mass is 19.1. The van der Waals surface area contributed by atoms with E-state index in [0.717, 1.165) is 33.4 Å². The molecule has 2 atom stereocenters. The lowest BCUT2D eigenvalue weighted by molar-refractivity contribution is -0.146. The number of aliphatic hydroxyl groups excluding tert-OH is 2. The van der Waals surface area contributed by atoms with Crippen LogP contribution < -0.4 is 20.1 Å². The van der Waals surface area contributed by atoms with E-state index < -0.39 is 47.9 Å². The van der Waals surface area contributed by atoms with E-state index in [9.17, 15) is 30.0 Å². The van der Waals surface area contributed by atoms with Crippen LogP contribution in [0.15, 0.2) is 60.7 Å². The first kappa shape index (κ1) is 37.9. The molecule has 0 spiro atoms. The number of aliphatic hydroxyl groups is 2. The van der Waals surface area contributed by atoms with Crippen LogP contribution in [-0.4, -0.2) is 70.9 Å². The molecular weight excluding hydrogens is 650 g/mol. The lowest BCUT2D eigenvalue weighted by atomic mass is 9.87. The average molecular weight is 693 g/mol. The van der Waals surface area contributed by atoms with Crippen LogP contribution in [0.25, 0.3) is 33.4 Å². The van der Waals surface area contributed by atoms with Crippen molar-refractivity contribution in [2.45, 2.75) is 51.9 Å². The van der Waals surface area contributed by atoms with Crippen LogP contribution in [0.2, 0.25) is 0 Å². The number of aliphatic carboxylic acids is 2. The molecule has 6 N–H and O–H groups in total.